The maximum absolute atomic E-state index is 5.85. The molecular weight excluding hydrogens is 198 g/mol. The summed E-state index contributed by atoms with van der Waals surface area (Å²) >= 11 is 0. The van der Waals surface area contributed by atoms with Crippen LogP contribution in [0.5, 0.6) is 5.75 Å². The zero-order valence-electron chi connectivity index (χ0n) is 9.62. The first kappa shape index (κ1) is 11.0. The Bertz CT molecular complexity index is 428. The van der Waals surface area contributed by atoms with Gasteiger partial charge in [0.2, 0.25) is 0 Å². The Balaban J connectivity index is 2.10. The molecule has 2 heteroatoms. The summed E-state index contributed by atoms with van der Waals surface area (Å²) in [6.07, 6.45) is 3.03. The van der Waals surface area contributed by atoms with Crippen molar-refractivity contribution in [1.82, 2.24) is 0 Å². The van der Waals surface area contributed by atoms with Crippen LogP contribution < -0.4 is 10.5 Å². The molecule has 1 unspecified atom stereocenters. The predicted octanol–water partition coefficient (Wildman–Crippen LogP) is 2.10. The summed E-state index contributed by atoms with van der Waals surface area (Å²) in [6, 6.07) is 6.09. The van der Waals surface area contributed by atoms with Crippen LogP contribution >= 0.6 is 0 Å². The molecule has 0 bridgehead atoms. The monoisotopic (exact) mass is 215 g/mol. The van der Waals surface area contributed by atoms with Crippen LogP contribution in [0.2, 0.25) is 0 Å². The summed E-state index contributed by atoms with van der Waals surface area (Å²) in [5.74, 6) is 7.21. The molecule has 2 rings (SSSR count). The topological polar surface area (TPSA) is 35.2 Å². The molecule has 0 saturated carbocycles. The van der Waals surface area contributed by atoms with Gasteiger partial charge in [-0.1, -0.05) is 25.2 Å². The fraction of sp³-hybridized carbons (Fsp3) is 0.429. The van der Waals surface area contributed by atoms with E-state index in [1.165, 1.54) is 5.56 Å². The molecule has 1 aliphatic rings. The first-order chi connectivity index (χ1) is 7.79. The van der Waals surface area contributed by atoms with Gasteiger partial charge >= 0.3 is 0 Å². The number of hydrogen-bond acceptors (Lipinski definition) is 2. The Labute approximate surface area is 96.8 Å². The summed E-state index contributed by atoms with van der Waals surface area (Å²) in [6.45, 7) is 2.91. The van der Waals surface area contributed by atoms with Crippen molar-refractivity contribution in [3.05, 3.63) is 29.3 Å². The van der Waals surface area contributed by atoms with Crippen molar-refractivity contribution < 1.29 is 4.74 Å². The Kier molecular flexibility index (Phi) is 3.48. The van der Waals surface area contributed by atoms with E-state index in [-0.39, 0.29) is 6.04 Å². The molecule has 0 fully saturated rings. The lowest BCUT2D eigenvalue weighted by atomic mass is 10.1. The van der Waals surface area contributed by atoms with Gasteiger partial charge in [-0.15, -0.1) is 0 Å². The number of hydrogen-bond donors (Lipinski definition) is 1. The summed E-state index contributed by atoms with van der Waals surface area (Å²) in [5, 5.41) is 0. The van der Waals surface area contributed by atoms with Crippen LogP contribution in [-0.2, 0) is 6.42 Å². The van der Waals surface area contributed by atoms with Crippen LogP contribution in [0.3, 0.4) is 0 Å². The minimum Gasteiger partial charge on any atom is -0.493 e. The first-order valence-electron chi connectivity index (χ1n) is 5.82. The third-order valence-corrected chi connectivity index (χ3v) is 2.69. The maximum atomic E-state index is 5.85. The van der Waals surface area contributed by atoms with E-state index in [2.05, 4.69) is 24.8 Å². The Morgan fingerprint density at radius 3 is 3.19 bits per heavy atom. The molecule has 1 atom stereocenters. The fourth-order valence-electron chi connectivity index (χ4n) is 1.82. The van der Waals surface area contributed by atoms with Crippen molar-refractivity contribution in [3.8, 4) is 17.6 Å². The van der Waals surface area contributed by atoms with E-state index in [9.17, 15) is 0 Å². The van der Waals surface area contributed by atoms with Gasteiger partial charge in [-0.25, -0.2) is 0 Å². The van der Waals surface area contributed by atoms with Gasteiger partial charge in [-0.3, -0.25) is 0 Å². The second-order valence-electron chi connectivity index (χ2n) is 4.09. The van der Waals surface area contributed by atoms with Gasteiger partial charge in [0.05, 0.1) is 12.6 Å². The van der Waals surface area contributed by atoms with Crippen LogP contribution in [-0.4, -0.2) is 12.6 Å². The van der Waals surface area contributed by atoms with E-state index in [1.54, 1.807) is 0 Å². The highest BCUT2D eigenvalue weighted by atomic mass is 16.5. The first-order valence-corrected chi connectivity index (χ1v) is 5.82. The van der Waals surface area contributed by atoms with E-state index >= 15 is 0 Å². The molecule has 0 aliphatic carbocycles. The quantitative estimate of drug-likeness (QED) is 0.767. The smallest absolute Gasteiger partial charge is 0.122 e. The van der Waals surface area contributed by atoms with Crippen molar-refractivity contribution in [1.29, 1.82) is 0 Å². The summed E-state index contributed by atoms with van der Waals surface area (Å²) in [5.41, 5.74) is 8.14. The van der Waals surface area contributed by atoms with Crippen LogP contribution in [0.25, 0.3) is 0 Å². The second-order valence-corrected chi connectivity index (χ2v) is 4.09. The van der Waals surface area contributed by atoms with E-state index in [0.717, 1.165) is 37.2 Å². The van der Waals surface area contributed by atoms with Crippen molar-refractivity contribution >= 4 is 0 Å². The van der Waals surface area contributed by atoms with Gasteiger partial charge in [0.25, 0.3) is 0 Å². The summed E-state index contributed by atoms with van der Waals surface area (Å²) in [7, 11) is 0. The lowest BCUT2D eigenvalue weighted by Crippen LogP contribution is -2.16. The molecule has 84 valence electrons. The van der Waals surface area contributed by atoms with Crippen LogP contribution in [0.15, 0.2) is 18.2 Å². The molecular formula is C14H17NO. The fourth-order valence-corrected chi connectivity index (χ4v) is 1.82. The number of rotatable bonds is 2. The number of ether oxygens (including phenoxy) is 1. The van der Waals surface area contributed by atoms with Gasteiger partial charge < -0.3 is 10.5 Å². The third kappa shape index (κ3) is 2.56. The van der Waals surface area contributed by atoms with E-state index in [0.29, 0.717) is 0 Å². The number of nitrogens with two attached hydrogens (primary N) is 1. The molecule has 0 radical (unpaired) electrons. The van der Waals surface area contributed by atoms with Crippen molar-refractivity contribution in [2.24, 2.45) is 5.73 Å². The van der Waals surface area contributed by atoms with Crippen molar-refractivity contribution in [2.45, 2.75) is 32.2 Å². The summed E-state index contributed by atoms with van der Waals surface area (Å²) < 4.78 is 5.44. The zero-order valence-corrected chi connectivity index (χ0v) is 9.62. The molecule has 2 N–H and O–H groups in total. The average molecular weight is 215 g/mol. The average Bonchev–Trinajstić information content (AvgIpc) is 2.74. The zero-order chi connectivity index (χ0) is 11.4. The Morgan fingerprint density at radius 1 is 1.50 bits per heavy atom. The van der Waals surface area contributed by atoms with Gasteiger partial charge in [-0.05, 0) is 30.2 Å². The van der Waals surface area contributed by atoms with Gasteiger partial charge in [0, 0.05) is 12.0 Å². The highest BCUT2D eigenvalue weighted by molar-refractivity contribution is 5.46. The molecule has 1 heterocycles. The number of fused-ring (bicyclic) bond motifs is 1. The predicted molar refractivity (Wildman–Crippen MR) is 65.4 cm³/mol. The van der Waals surface area contributed by atoms with Gasteiger partial charge in [0.1, 0.15) is 5.75 Å². The standard InChI is InChI=1S/C14H17NO/c1-2-3-13(15)6-4-11-5-7-14-12(10-11)8-9-16-14/h5,7,10,13H,2-3,8-9,15H2,1H3. The van der Waals surface area contributed by atoms with Crippen LogP contribution in [0.4, 0.5) is 0 Å². The largest absolute Gasteiger partial charge is 0.493 e. The van der Waals surface area contributed by atoms with Gasteiger partial charge in [0.15, 0.2) is 0 Å². The minimum atomic E-state index is -0.00509. The minimum absolute atomic E-state index is 0.00509. The highest BCUT2D eigenvalue weighted by Gasteiger charge is 2.11. The molecule has 0 aromatic heterocycles. The van der Waals surface area contributed by atoms with E-state index < -0.39 is 0 Å². The number of benzene rings is 1. The van der Waals surface area contributed by atoms with Crippen molar-refractivity contribution in [3.63, 3.8) is 0 Å². The van der Waals surface area contributed by atoms with Crippen molar-refractivity contribution in [2.75, 3.05) is 6.61 Å². The second kappa shape index (κ2) is 5.05. The summed E-state index contributed by atoms with van der Waals surface area (Å²) in [4.78, 5) is 0. The lowest BCUT2D eigenvalue weighted by Gasteiger charge is -2.00. The van der Waals surface area contributed by atoms with E-state index in [1.807, 2.05) is 12.1 Å². The molecule has 0 saturated heterocycles. The molecule has 0 spiro atoms. The highest BCUT2D eigenvalue weighted by Crippen LogP contribution is 2.25. The lowest BCUT2D eigenvalue weighted by molar-refractivity contribution is 0.357. The van der Waals surface area contributed by atoms with Crippen LogP contribution in [0.1, 0.15) is 30.9 Å². The molecule has 1 aliphatic heterocycles. The van der Waals surface area contributed by atoms with Gasteiger partial charge in [-0.2, -0.15) is 0 Å². The maximum Gasteiger partial charge on any atom is 0.122 e. The molecule has 1 aromatic rings. The molecule has 1 aromatic carbocycles. The normalized spacial score (nSPS) is 14.6. The Hall–Kier alpha value is -1.46. The third-order valence-electron chi connectivity index (χ3n) is 2.69. The SMILES string of the molecule is CCCC(N)C#Cc1ccc2c(c1)CCO2. The molecule has 0 amide bonds. The molecule has 2 nitrogen and oxygen atoms in total. The van der Waals surface area contributed by atoms with Crippen LogP contribution in [0, 0.1) is 11.8 Å². The Morgan fingerprint density at radius 2 is 2.38 bits per heavy atom. The molecule has 16 heavy (non-hydrogen) atoms. The van der Waals surface area contributed by atoms with E-state index in [4.69, 9.17) is 10.5 Å².